The molecule has 4 aliphatic rings. The number of esters is 1. The number of carbonyl (C=O) groups is 3. The van der Waals surface area contributed by atoms with Crippen LogP contribution in [0.1, 0.15) is 63.8 Å². The summed E-state index contributed by atoms with van der Waals surface area (Å²) in [4.78, 5) is 38.1. The number of ether oxygens (including phenoxy) is 1. The number of allylic oxidation sites excluding steroid dienone is 4. The van der Waals surface area contributed by atoms with Crippen molar-refractivity contribution in [2.24, 2.45) is 28.6 Å². The zero-order valence-electron chi connectivity index (χ0n) is 21.6. The molecule has 0 radical (unpaired) electrons. The van der Waals surface area contributed by atoms with Crippen molar-refractivity contribution in [2.75, 3.05) is 5.88 Å². The van der Waals surface area contributed by atoms with E-state index in [2.05, 4.69) is 0 Å². The summed E-state index contributed by atoms with van der Waals surface area (Å²) in [6.45, 7) is 2.57. The Morgan fingerprint density at radius 1 is 1.38 bits per heavy atom. The summed E-state index contributed by atoms with van der Waals surface area (Å²) in [7, 11) is 0. The van der Waals surface area contributed by atoms with Crippen molar-refractivity contribution in [2.45, 2.75) is 77.1 Å². The minimum atomic E-state index is -2.59. The Kier molecular flexibility index (Phi) is 4.66. The first kappa shape index (κ1) is 19.9. The van der Waals surface area contributed by atoms with Crippen LogP contribution in [0, 0.1) is 28.6 Å². The van der Waals surface area contributed by atoms with E-state index in [1.807, 2.05) is 0 Å². The van der Waals surface area contributed by atoms with Crippen LogP contribution in [0.25, 0.3) is 0 Å². The standard InChI is InChI=1S/C25H32ClFO5/c1-5-21(31)32-25(20(30)13-26)14(2)10-18-17-7-6-15-11-16(28)8-9-22(15,3)24(17,27)19(29)12-23(18,25)4/h8-9,11,14,17-19,29H,5-7,10,12-13H2,1-4H3/t14-,17-,18-,19-,22-,23-,24-,25-/m0/s1/i1D3. The molecule has 7 heteroatoms. The molecule has 0 amide bonds. The van der Waals surface area contributed by atoms with Crippen molar-refractivity contribution in [1.29, 1.82) is 0 Å². The number of halogens is 2. The van der Waals surface area contributed by atoms with Gasteiger partial charge in [0.1, 0.15) is 0 Å². The molecular formula is C25H32ClFO5. The second-order valence-electron chi connectivity index (χ2n) is 10.3. The normalized spacial score (nSPS) is 49.0. The summed E-state index contributed by atoms with van der Waals surface area (Å²) >= 11 is 5.99. The lowest BCUT2D eigenvalue weighted by atomic mass is 9.44. The molecule has 0 bridgehead atoms. The van der Waals surface area contributed by atoms with E-state index in [1.54, 1.807) is 26.8 Å². The van der Waals surface area contributed by atoms with Gasteiger partial charge in [-0.15, -0.1) is 11.6 Å². The van der Waals surface area contributed by atoms with Gasteiger partial charge < -0.3 is 9.84 Å². The third-order valence-electron chi connectivity index (χ3n) is 9.14. The molecule has 0 aromatic carbocycles. The predicted molar refractivity (Wildman–Crippen MR) is 118 cm³/mol. The van der Waals surface area contributed by atoms with Crippen LogP contribution >= 0.6 is 11.6 Å². The number of Topliss-reactive ketones (excluding diaryl/α,β-unsaturated/α-hetero) is 1. The Morgan fingerprint density at radius 3 is 2.75 bits per heavy atom. The van der Waals surface area contributed by atoms with Gasteiger partial charge >= 0.3 is 5.97 Å². The molecule has 0 saturated heterocycles. The highest BCUT2D eigenvalue weighted by Gasteiger charge is 2.77. The largest absolute Gasteiger partial charge is 0.450 e. The first-order valence-corrected chi connectivity index (χ1v) is 11.7. The van der Waals surface area contributed by atoms with E-state index in [1.165, 1.54) is 12.2 Å². The zero-order chi connectivity index (χ0) is 26.2. The summed E-state index contributed by atoms with van der Waals surface area (Å²) in [5.74, 6) is -3.97. The highest BCUT2D eigenvalue weighted by atomic mass is 35.5. The molecule has 0 heterocycles. The van der Waals surface area contributed by atoms with Gasteiger partial charge in [-0.25, -0.2) is 4.39 Å². The smallest absolute Gasteiger partial charge is 0.306 e. The van der Waals surface area contributed by atoms with E-state index < -0.39 is 76.9 Å². The molecule has 0 aromatic rings. The van der Waals surface area contributed by atoms with Crippen LogP contribution in [-0.4, -0.2) is 45.9 Å². The van der Waals surface area contributed by atoms with Gasteiger partial charge in [0.25, 0.3) is 0 Å². The fourth-order valence-electron chi connectivity index (χ4n) is 7.71. The Bertz CT molecular complexity index is 1030. The van der Waals surface area contributed by atoms with E-state index in [-0.39, 0.29) is 12.2 Å². The topological polar surface area (TPSA) is 80.7 Å². The van der Waals surface area contributed by atoms with Crippen molar-refractivity contribution in [3.05, 3.63) is 23.8 Å². The number of aliphatic hydroxyl groups excluding tert-OH is 1. The third-order valence-corrected chi connectivity index (χ3v) is 9.38. The fourth-order valence-corrected chi connectivity index (χ4v) is 7.91. The van der Waals surface area contributed by atoms with Crippen LogP contribution in [0.3, 0.4) is 0 Å². The van der Waals surface area contributed by atoms with E-state index in [0.29, 0.717) is 24.8 Å². The molecule has 0 aromatic heterocycles. The Hall–Kier alpha value is -1.53. The van der Waals surface area contributed by atoms with E-state index >= 15 is 4.39 Å². The molecule has 0 spiro atoms. The van der Waals surface area contributed by atoms with Crippen molar-refractivity contribution in [3.63, 3.8) is 0 Å². The lowest BCUT2D eigenvalue weighted by Crippen LogP contribution is -2.70. The van der Waals surface area contributed by atoms with Crippen LogP contribution in [0.2, 0.25) is 0 Å². The molecule has 8 atom stereocenters. The highest BCUT2D eigenvalue weighted by molar-refractivity contribution is 6.29. The molecule has 176 valence electrons. The van der Waals surface area contributed by atoms with Gasteiger partial charge in [0, 0.05) is 33.2 Å². The number of aliphatic hydroxyl groups is 1. The van der Waals surface area contributed by atoms with Crippen molar-refractivity contribution in [3.8, 4) is 0 Å². The van der Waals surface area contributed by atoms with Gasteiger partial charge in [0.15, 0.2) is 22.8 Å². The monoisotopic (exact) mass is 469 g/mol. The Morgan fingerprint density at radius 2 is 2.09 bits per heavy atom. The first-order valence-electron chi connectivity index (χ1n) is 12.7. The van der Waals surface area contributed by atoms with Crippen LogP contribution < -0.4 is 0 Å². The second-order valence-corrected chi connectivity index (χ2v) is 10.6. The number of alkyl halides is 2. The molecule has 32 heavy (non-hydrogen) atoms. The van der Waals surface area contributed by atoms with Gasteiger partial charge in [-0.1, -0.05) is 32.3 Å². The first-order chi connectivity index (χ1) is 16.1. The van der Waals surface area contributed by atoms with E-state index in [0.717, 1.165) is 0 Å². The number of ketones is 2. The number of carbonyl (C=O) groups excluding carboxylic acids is 3. The maximum absolute atomic E-state index is 17.3. The molecule has 3 saturated carbocycles. The summed E-state index contributed by atoms with van der Waals surface area (Å²) in [5.41, 5.74) is -5.58. The molecule has 0 aliphatic heterocycles. The predicted octanol–water partition coefficient (Wildman–Crippen LogP) is 4.10. The van der Waals surface area contributed by atoms with Crippen molar-refractivity contribution >= 4 is 29.1 Å². The van der Waals surface area contributed by atoms with Gasteiger partial charge in [-0.3, -0.25) is 14.4 Å². The lowest BCUT2D eigenvalue weighted by Gasteiger charge is -2.62. The van der Waals surface area contributed by atoms with E-state index in [9.17, 15) is 19.5 Å². The van der Waals surface area contributed by atoms with Gasteiger partial charge in [0.05, 0.1) is 12.0 Å². The summed E-state index contributed by atoms with van der Waals surface area (Å²) in [6.07, 6.45) is 2.94. The summed E-state index contributed by atoms with van der Waals surface area (Å²) in [6, 6.07) is 0. The van der Waals surface area contributed by atoms with Gasteiger partial charge in [0.2, 0.25) is 0 Å². The highest BCUT2D eigenvalue weighted by Crippen LogP contribution is 2.71. The maximum Gasteiger partial charge on any atom is 0.306 e. The summed E-state index contributed by atoms with van der Waals surface area (Å²) < 4.78 is 45.3. The van der Waals surface area contributed by atoms with E-state index in [4.69, 9.17) is 20.5 Å². The van der Waals surface area contributed by atoms with Crippen molar-refractivity contribution in [1.82, 2.24) is 0 Å². The Balaban J connectivity index is 1.81. The average Bonchev–Trinajstić information content (AvgIpc) is 2.95. The van der Waals surface area contributed by atoms with Crippen molar-refractivity contribution < 1.29 is 32.7 Å². The molecule has 5 nitrogen and oxygen atoms in total. The average molecular weight is 470 g/mol. The molecular weight excluding hydrogens is 435 g/mol. The second kappa shape index (κ2) is 7.49. The number of hydrogen-bond acceptors (Lipinski definition) is 5. The lowest BCUT2D eigenvalue weighted by molar-refractivity contribution is -0.227. The van der Waals surface area contributed by atoms with Crippen LogP contribution in [0.15, 0.2) is 23.8 Å². The molecule has 4 rings (SSSR count). The molecule has 4 aliphatic carbocycles. The quantitative estimate of drug-likeness (QED) is 0.495. The summed E-state index contributed by atoms with van der Waals surface area (Å²) in [5, 5.41) is 11.4. The zero-order valence-corrected chi connectivity index (χ0v) is 19.4. The van der Waals surface area contributed by atoms with Crippen LogP contribution in [0.5, 0.6) is 0 Å². The number of hydrogen-bond donors (Lipinski definition) is 1. The molecule has 0 unspecified atom stereocenters. The number of fused-ring (bicyclic) bond motifs is 5. The minimum Gasteiger partial charge on any atom is -0.450 e. The van der Waals surface area contributed by atoms with Crippen LogP contribution in [-0.2, 0) is 19.1 Å². The van der Waals surface area contributed by atoms with Crippen LogP contribution in [0.4, 0.5) is 4.39 Å². The van der Waals surface area contributed by atoms with Gasteiger partial charge in [-0.2, -0.15) is 0 Å². The molecule has 3 fully saturated rings. The molecule has 1 N–H and O–H groups in total. The number of rotatable bonds is 4. The minimum absolute atomic E-state index is 0.177. The Labute approximate surface area is 197 Å². The van der Waals surface area contributed by atoms with Gasteiger partial charge in [-0.05, 0) is 50.7 Å². The third kappa shape index (κ3) is 2.68. The maximum atomic E-state index is 17.3. The fraction of sp³-hybridized carbons (Fsp3) is 0.720. The SMILES string of the molecule is [2H]C([2H])([2H])CC(=O)O[C@]1(C(=O)CCl)[C@@H](C)C[C@H]2[C@@H]3CCC4=CC(=O)C=C[C@]4(C)[C@@]3(F)[C@@H](O)C[C@@]21C.